The highest BCUT2D eigenvalue weighted by Gasteiger charge is 2.41. The number of nitrogens with one attached hydrogen (secondary N) is 1. The zero-order valence-electron chi connectivity index (χ0n) is 18.1. The van der Waals surface area contributed by atoms with Gasteiger partial charge in [-0.3, -0.25) is 4.79 Å². The Morgan fingerprint density at radius 1 is 1.20 bits per heavy atom. The quantitative estimate of drug-likeness (QED) is 0.662. The molecule has 2 heterocycles. The van der Waals surface area contributed by atoms with E-state index < -0.39 is 0 Å². The molecular formula is C24H32N2O3S. The average Bonchev–Trinajstić information content (AvgIpc) is 3.53. The van der Waals surface area contributed by atoms with Gasteiger partial charge in [0.05, 0.1) is 19.8 Å². The van der Waals surface area contributed by atoms with Gasteiger partial charge in [-0.25, -0.2) is 0 Å². The lowest BCUT2D eigenvalue weighted by Crippen LogP contribution is -2.50. The Hall–Kier alpha value is -2.05. The number of ether oxygens (including phenoxy) is 2. The third-order valence-electron chi connectivity index (χ3n) is 5.99. The van der Waals surface area contributed by atoms with Crippen LogP contribution in [0.4, 0.5) is 0 Å². The number of benzene rings is 1. The molecule has 2 aliphatic rings. The monoisotopic (exact) mass is 428 g/mol. The molecule has 0 spiro atoms. The van der Waals surface area contributed by atoms with Crippen molar-refractivity contribution in [2.24, 2.45) is 5.92 Å². The van der Waals surface area contributed by atoms with E-state index in [1.54, 1.807) is 7.11 Å². The zero-order chi connectivity index (χ0) is 21.1. The van der Waals surface area contributed by atoms with Crippen molar-refractivity contribution in [3.63, 3.8) is 0 Å². The molecule has 1 aromatic heterocycles. The summed E-state index contributed by atoms with van der Waals surface area (Å²) in [4.78, 5) is 17.8. The van der Waals surface area contributed by atoms with Crippen molar-refractivity contribution in [2.45, 2.75) is 58.2 Å². The Morgan fingerprint density at radius 2 is 2.03 bits per heavy atom. The highest BCUT2D eigenvalue weighted by Crippen LogP contribution is 2.40. The first kappa shape index (κ1) is 21.2. The van der Waals surface area contributed by atoms with Gasteiger partial charge < -0.3 is 19.7 Å². The maximum atomic E-state index is 13.0. The van der Waals surface area contributed by atoms with E-state index in [9.17, 15) is 4.79 Å². The van der Waals surface area contributed by atoms with E-state index in [1.165, 1.54) is 9.75 Å². The molecule has 0 radical (unpaired) electrons. The molecule has 2 atom stereocenters. The highest BCUT2D eigenvalue weighted by molar-refractivity contribution is 7.12. The van der Waals surface area contributed by atoms with E-state index in [0.29, 0.717) is 12.5 Å². The molecule has 4 rings (SSSR count). The summed E-state index contributed by atoms with van der Waals surface area (Å²) in [5.41, 5.74) is 1.15. The van der Waals surface area contributed by atoms with Crippen LogP contribution >= 0.6 is 11.3 Å². The Balaban J connectivity index is 1.52. The first-order valence-corrected chi connectivity index (χ1v) is 11.8. The molecular weight excluding hydrogens is 396 g/mol. The van der Waals surface area contributed by atoms with Gasteiger partial charge in [0.15, 0.2) is 11.5 Å². The van der Waals surface area contributed by atoms with Crippen molar-refractivity contribution < 1.29 is 14.3 Å². The first-order chi connectivity index (χ1) is 14.6. The second-order valence-corrected chi connectivity index (χ2v) is 9.57. The van der Waals surface area contributed by atoms with Crippen molar-refractivity contribution >= 4 is 17.2 Å². The fourth-order valence-electron chi connectivity index (χ4n) is 4.33. The number of amides is 1. The van der Waals surface area contributed by atoms with E-state index in [1.807, 2.05) is 30.4 Å². The molecule has 1 aromatic carbocycles. The standard InChI is InChI=1S/C24H32N2O3S/c1-4-29-20-11-8-17(14-21(20)28-3)15-25-19-6-5-13-26(24(27)18-9-10-18)23(19)22-12-7-16(2)30-22/h7-8,11-12,14,18-19,23,25H,4-6,9-10,13,15H2,1-3H3/t19-,23-/m1/s1. The number of aryl methyl sites for hydroxylation is 1. The molecule has 1 aliphatic carbocycles. The minimum Gasteiger partial charge on any atom is -0.493 e. The van der Waals surface area contributed by atoms with Gasteiger partial charge in [0.1, 0.15) is 0 Å². The molecule has 2 aromatic rings. The molecule has 1 saturated carbocycles. The van der Waals surface area contributed by atoms with Crippen LogP contribution in [0.1, 0.15) is 54.0 Å². The fourth-order valence-corrected chi connectivity index (χ4v) is 5.39. The van der Waals surface area contributed by atoms with Gasteiger partial charge in [-0.1, -0.05) is 6.07 Å². The van der Waals surface area contributed by atoms with Gasteiger partial charge in [0, 0.05) is 34.8 Å². The Labute approximate surface area is 183 Å². The summed E-state index contributed by atoms with van der Waals surface area (Å²) in [7, 11) is 1.67. The highest BCUT2D eigenvalue weighted by atomic mass is 32.1. The van der Waals surface area contributed by atoms with Crippen molar-refractivity contribution in [1.82, 2.24) is 10.2 Å². The van der Waals surface area contributed by atoms with Crippen LogP contribution in [0.2, 0.25) is 0 Å². The summed E-state index contributed by atoms with van der Waals surface area (Å²) in [6.45, 7) is 6.33. The number of carbonyl (C=O) groups excluding carboxylic acids is 1. The van der Waals surface area contributed by atoms with Crippen LogP contribution in [-0.2, 0) is 11.3 Å². The second kappa shape index (κ2) is 9.40. The molecule has 6 heteroatoms. The van der Waals surface area contributed by atoms with Gasteiger partial charge in [0.25, 0.3) is 0 Å². The normalized spacial score (nSPS) is 21.5. The Morgan fingerprint density at radius 3 is 2.70 bits per heavy atom. The van der Waals surface area contributed by atoms with Crippen molar-refractivity contribution in [3.8, 4) is 11.5 Å². The first-order valence-electron chi connectivity index (χ1n) is 11.0. The molecule has 1 N–H and O–H groups in total. The molecule has 1 aliphatic heterocycles. The second-order valence-electron chi connectivity index (χ2n) is 8.25. The maximum Gasteiger partial charge on any atom is 0.226 e. The number of methoxy groups -OCH3 is 1. The smallest absolute Gasteiger partial charge is 0.226 e. The van der Waals surface area contributed by atoms with Crippen molar-refractivity contribution in [3.05, 3.63) is 45.6 Å². The summed E-state index contributed by atoms with van der Waals surface area (Å²) in [6, 6.07) is 10.8. The number of hydrogen-bond donors (Lipinski definition) is 1. The Kier molecular flexibility index (Phi) is 6.64. The number of carbonyl (C=O) groups is 1. The van der Waals surface area contributed by atoms with Crippen molar-refractivity contribution in [1.29, 1.82) is 0 Å². The van der Waals surface area contributed by atoms with Crippen LogP contribution in [0.3, 0.4) is 0 Å². The Bertz CT molecular complexity index is 877. The molecule has 30 heavy (non-hydrogen) atoms. The maximum absolute atomic E-state index is 13.0. The average molecular weight is 429 g/mol. The van der Waals surface area contributed by atoms with Crippen molar-refractivity contribution in [2.75, 3.05) is 20.3 Å². The van der Waals surface area contributed by atoms with Gasteiger partial charge in [-0.2, -0.15) is 0 Å². The van der Waals surface area contributed by atoms with Crippen LogP contribution in [0.25, 0.3) is 0 Å². The predicted molar refractivity (Wildman–Crippen MR) is 120 cm³/mol. The molecule has 0 bridgehead atoms. The number of likely N-dealkylation sites (tertiary alicyclic amines) is 1. The topological polar surface area (TPSA) is 50.8 Å². The third-order valence-corrected chi connectivity index (χ3v) is 7.06. The largest absolute Gasteiger partial charge is 0.493 e. The molecule has 1 amide bonds. The lowest BCUT2D eigenvalue weighted by Gasteiger charge is -2.41. The number of thiophene rings is 1. The number of nitrogens with zero attached hydrogens (tertiary/aromatic N) is 1. The minimum absolute atomic E-state index is 0.121. The molecule has 0 unspecified atom stereocenters. The lowest BCUT2D eigenvalue weighted by molar-refractivity contribution is -0.137. The van der Waals surface area contributed by atoms with E-state index in [0.717, 1.165) is 55.8 Å². The molecule has 5 nitrogen and oxygen atoms in total. The van der Waals surface area contributed by atoms with Crippen LogP contribution in [-0.4, -0.2) is 37.1 Å². The van der Waals surface area contributed by atoms with Gasteiger partial charge in [-0.15, -0.1) is 11.3 Å². The summed E-state index contributed by atoms with van der Waals surface area (Å²) in [6.07, 6.45) is 4.22. The van der Waals surface area contributed by atoms with Crippen LogP contribution in [0.5, 0.6) is 11.5 Å². The van der Waals surface area contributed by atoms with Gasteiger partial charge >= 0.3 is 0 Å². The predicted octanol–water partition coefficient (Wildman–Crippen LogP) is 4.70. The SMILES string of the molecule is CCOc1ccc(CN[C@@H]2CCCN(C(=O)C3CC3)[C@H]2c2ccc(C)s2)cc1OC. The number of hydrogen-bond acceptors (Lipinski definition) is 5. The van der Waals surface area contributed by atoms with E-state index in [2.05, 4.69) is 35.3 Å². The van der Waals surface area contributed by atoms with Crippen LogP contribution in [0, 0.1) is 12.8 Å². The number of rotatable bonds is 8. The van der Waals surface area contributed by atoms with E-state index in [4.69, 9.17) is 9.47 Å². The third kappa shape index (κ3) is 4.65. The van der Waals surface area contributed by atoms with Gasteiger partial charge in [0.2, 0.25) is 5.91 Å². The zero-order valence-corrected chi connectivity index (χ0v) is 19.0. The summed E-state index contributed by atoms with van der Waals surface area (Å²) >= 11 is 1.82. The van der Waals surface area contributed by atoms with E-state index >= 15 is 0 Å². The van der Waals surface area contributed by atoms with Crippen LogP contribution in [0.15, 0.2) is 30.3 Å². The molecule has 2 fully saturated rings. The molecule has 1 saturated heterocycles. The molecule has 162 valence electrons. The minimum atomic E-state index is 0.121. The fraction of sp³-hybridized carbons (Fsp3) is 0.542. The summed E-state index contributed by atoms with van der Waals surface area (Å²) < 4.78 is 11.1. The number of piperidine rings is 1. The lowest BCUT2D eigenvalue weighted by atomic mass is 9.93. The summed E-state index contributed by atoms with van der Waals surface area (Å²) in [5, 5.41) is 3.76. The summed E-state index contributed by atoms with van der Waals surface area (Å²) in [5.74, 6) is 2.13. The van der Waals surface area contributed by atoms with Crippen LogP contribution < -0.4 is 14.8 Å². The van der Waals surface area contributed by atoms with Gasteiger partial charge in [-0.05, 0) is 69.4 Å². The van der Waals surface area contributed by atoms with E-state index in [-0.39, 0.29) is 18.0 Å².